The van der Waals surface area contributed by atoms with Crippen molar-refractivity contribution in [3.8, 4) is 0 Å². The molecular weight excluding hydrogens is 430 g/mol. The maximum atomic E-state index is 12.5. The average molecular weight is 472 g/mol. The molecular formula is C24H41NO6S. The van der Waals surface area contributed by atoms with Crippen molar-refractivity contribution in [3.63, 3.8) is 0 Å². The molecule has 1 unspecified atom stereocenters. The van der Waals surface area contributed by atoms with Crippen LogP contribution >= 0.6 is 11.8 Å². The van der Waals surface area contributed by atoms with Gasteiger partial charge >= 0.3 is 6.09 Å². The topological polar surface area (TPSA) is 66.5 Å². The van der Waals surface area contributed by atoms with Gasteiger partial charge in [0.05, 0.1) is 0 Å². The predicted octanol–water partition coefficient (Wildman–Crippen LogP) is 5.18. The lowest BCUT2D eigenvalue weighted by atomic mass is 9.58. The van der Waals surface area contributed by atoms with Crippen LogP contribution in [-0.4, -0.2) is 58.6 Å². The van der Waals surface area contributed by atoms with Crippen LogP contribution < -0.4 is 0 Å². The summed E-state index contributed by atoms with van der Waals surface area (Å²) in [6.07, 6.45) is 3.47. The molecule has 1 spiro atoms. The molecule has 4 aliphatic heterocycles. The molecule has 4 saturated heterocycles. The Labute approximate surface area is 197 Å². The molecule has 0 aromatic heterocycles. The fourth-order valence-corrected chi connectivity index (χ4v) is 7.53. The number of nitrogens with zero attached hydrogens (tertiary/aromatic N) is 1. The van der Waals surface area contributed by atoms with Crippen LogP contribution in [0.2, 0.25) is 0 Å². The first-order valence-electron chi connectivity index (χ1n) is 12.4. The molecule has 0 radical (unpaired) electrons. The highest BCUT2D eigenvalue weighted by molar-refractivity contribution is 7.99. The number of fused-ring (bicyclic) bond motifs is 2. The zero-order chi connectivity index (χ0) is 23.3. The first kappa shape index (κ1) is 24.6. The fourth-order valence-electron chi connectivity index (χ4n) is 6.45. The normalized spacial score (nSPS) is 43.2. The van der Waals surface area contributed by atoms with Gasteiger partial charge in [0.15, 0.2) is 11.9 Å². The molecule has 5 fully saturated rings. The van der Waals surface area contributed by atoms with E-state index in [1.54, 1.807) is 16.7 Å². The third-order valence-electron chi connectivity index (χ3n) is 8.01. The highest BCUT2D eigenvalue weighted by atomic mass is 32.2. The molecule has 5 aliphatic rings. The molecule has 7 nitrogen and oxygen atoms in total. The van der Waals surface area contributed by atoms with E-state index in [1.165, 1.54) is 6.42 Å². The lowest BCUT2D eigenvalue weighted by Gasteiger charge is -2.60. The zero-order valence-electron chi connectivity index (χ0n) is 20.7. The van der Waals surface area contributed by atoms with Crippen LogP contribution in [0.25, 0.3) is 0 Å². The molecule has 184 valence electrons. The van der Waals surface area contributed by atoms with Gasteiger partial charge in [0.2, 0.25) is 5.79 Å². The molecule has 1 saturated carbocycles. The van der Waals surface area contributed by atoms with Crippen LogP contribution in [0.5, 0.6) is 0 Å². The summed E-state index contributed by atoms with van der Waals surface area (Å²) in [5.74, 6) is 1.49. The van der Waals surface area contributed by atoms with E-state index in [4.69, 9.17) is 24.0 Å². The van der Waals surface area contributed by atoms with Gasteiger partial charge in [-0.3, -0.25) is 0 Å². The van der Waals surface area contributed by atoms with Gasteiger partial charge in [0.1, 0.15) is 12.0 Å². The highest BCUT2D eigenvalue weighted by Gasteiger charge is 2.69. The molecule has 2 bridgehead atoms. The Morgan fingerprint density at radius 1 is 1.09 bits per heavy atom. The minimum atomic E-state index is -0.750. The van der Waals surface area contributed by atoms with Crippen LogP contribution in [0.1, 0.15) is 74.1 Å². The third-order valence-corrected chi connectivity index (χ3v) is 9.28. The summed E-state index contributed by atoms with van der Waals surface area (Å²) in [6, 6.07) is 0.224. The van der Waals surface area contributed by atoms with Crippen molar-refractivity contribution in [1.82, 2.24) is 4.90 Å². The van der Waals surface area contributed by atoms with E-state index in [0.29, 0.717) is 36.0 Å². The monoisotopic (exact) mass is 471 g/mol. The van der Waals surface area contributed by atoms with Gasteiger partial charge in [-0.1, -0.05) is 13.8 Å². The number of thioether (sulfide) groups is 1. The minimum absolute atomic E-state index is 0.0266. The van der Waals surface area contributed by atoms with Crippen LogP contribution in [0.4, 0.5) is 4.79 Å². The summed E-state index contributed by atoms with van der Waals surface area (Å²) in [6.45, 7) is 14.9. The van der Waals surface area contributed by atoms with Gasteiger partial charge in [-0.05, 0) is 71.6 Å². The molecule has 32 heavy (non-hydrogen) atoms. The van der Waals surface area contributed by atoms with E-state index < -0.39 is 17.7 Å². The minimum Gasteiger partial charge on any atom is -0.449 e. The first-order chi connectivity index (χ1) is 15.1. The molecule has 0 aromatic carbocycles. The van der Waals surface area contributed by atoms with Crippen molar-refractivity contribution < 1.29 is 28.8 Å². The Hall–Kier alpha value is -0.540. The van der Waals surface area contributed by atoms with E-state index in [2.05, 4.69) is 13.8 Å². The number of hydrogen-bond acceptors (Lipinski definition) is 7. The maximum absolute atomic E-state index is 12.5. The zero-order valence-corrected chi connectivity index (χ0v) is 21.5. The summed E-state index contributed by atoms with van der Waals surface area (Å²) in [5.41, 5.74) is -0.549. The van der Waals surface area contributed by atoms with Crippen molar-refractivity contribution in [3.05, 3.63) is 0 Å². The smallest absolute Gasteiger partial charge is 0.410 e. The Bertz CT molecular complexity index is 683. The van der Waals surface area contributed by atoms with Gasteiger partial charge in [0, 0.05) is 30.2 Å². The summed E-state index contributed by atoms with van der Waals surface area (Å²) in [5, 5.41) is 0. The molecule has 4 heterocycles. The third kappa shape index (κ3) is 4.19. The van der Waals surface area contributed by atoms with E-state index >= 15 is 0 Å². The standard InChI is InChI=1S/C24H41NO6S/c1-14(2)25(15(3)4)22(26)27-12-13-32-20-17(6)19-9-8-16(5)18-10-11-23(7)29-21(28-20)24(18,19)31-30-23/h14-21H,8-13H2,1-7H3/t16-,17-,18+,19+,20+,21-,23?,24-/m1/s1. The summed E-state index contributed by atoms with van der Waals surface area (Å²) >= 11 is 1.71. The van der Waals surface area contributed by atoms with E-state index in [1.807, 2.05) is 34.6 Å². The van der Waals surface area contributed by atoms with Crippen molar-refractivity contribution in [1.29, 1.82) is 0 Å². The summed E-state index contributed by atoms with van der Waals surface area (Å²) in [7, 11) is 0. The largest absolute Gasteiger partial charge is 0.449 e. The van der Waals surface area contributed by atoms with E-state index in [9.17, 15) is 4.79 Å². The second-order valence-corrected chi connectivity index (χ2v) is 12.1. The van der Waals surface area contributed by atoms with Gasteiger partial charge in [-0.2, -0.15) is 0 Å². The molecule has 0 N–H and O–H groups in total. The highest BCUT2D eigenvalue weighted by Crippen LogP contribution is 2.61. The van der Waals surface area contributed by atoms with Crippen LogP contribution in [0.3, 0.4) is 0 Å². The van der Waals surface area contributed by atoms with E-state index in [0.717, 1.165) is 19.3 Å². The number of hydrogen-bond donors (Lipinski definition) is 0. The summed E-state index contributed by atoms with van der Waals surface area (Å²) in [4.78, 5) is 26.3. The van der Waals surface area contributed by atoms with Crippen LogP contribution in [-0.2, 0) is 24.0 Å². The van der Waals surface area contributed by atoms with Crippen molar-refractivity contribution in [2.45, 2.75) is 109 Å². The Morgan fingerprint density at radius 2 is 1.81 bits per heavy atom. The Morgan fingerprint density at radius 3 is 2.50 bits per heavy atom. The number of ether oxygens (including phenoxy) is 3. The van der Waals surface area contributed by atoms with Crippen molar-refractivity contribution >= 4 is 17.9 Å². The Balaban J connectivity index is 1.40. The second kappa shape index (κ2) is 9.25. The quantitative estimate of drug-likeness (QED) is 0.390. The number of amides is 1. The van der Waals surface area contributed by atoms with Gasteiger partial charge in [0.25, 0.3) is 0 Å². The molecule has 8 atom stereocenters. The van der Waals surface area contributed by atoms with Gasteiger partial charge in [-0.15, -0.1) is 11.8 Å². The number of rotatable bonds is 6. The van der Waals surface area contributed by atoms with Crippen molar-refractivity contribution in [2.24, 2.45) is 23.7 Å². The van der Waals surface area contributed by atoms with Crippen LogP contribution in [0.15, 0.2) is 0 Å². The molecule has 8 heteroatoms. The lowest BCUT2D eigenvalue weighted by Crippen LogP contribution is -2.70. The molecule has 5 rings (SSSR count). The van der Waals surface area contributed by atoms with E-state index in [-0.39, 0.29) is 23.6 Å². The number of carbonyl (C=O) groups excluding carboxylic acids is 1. The average Bonchev–Trinajstić information content (AvgIpc) is 2.94. The Kier molecular flexibility index (Phi) is 7.11. The molecule has 1 aliphatic carbocycles. The summed E-state index contributed by atoms with van der Waals surface area (Å²) < 4.78 is 18.6. The molecule has 0 aromatic rings. The van der Waals surface area contributed by atoms with Gasteiger partial charge < -0.3 is 19.1 Å². The fraction of sp³-hybridized carbons (Fsp3) is 0.958. The number of carbonyl (C=O) groups is 1. The molecule has 1 amide bonds. The van der Waals surface area contributed by atoms with Crippen molar-refractivity contribution in [2.75, 3.05) is 12.4 Å². The maximum Gasteiger partial charge on any atom is 0.410 e. The second-order valence-electron chi connectivity index (χ2n) is 10.9. The lowest BCUT2D eigenvalue weighted by molar-refractivity contribution is -0.568. The first-order valence-corrected chi connectivity index (χ1v) is 13.4. The SMILES string of the molecule is CC(C)N(C(=O)OCCS[C@@H]1O[C@@H]2OC3(C)CC[C@H]4[C@H](C)CC[C@@H]([C@H]1C)[C@@]24OO3)C(C)C. The van der Waals surface area contributed by atoms with Crippen LogP contribution in [0, 0.1) is 23.7 Å². The predicted molar refractivity (Wildman–Crippen MR) is 123 cm³/mol. The van der Waals surface area contributed by atoms with Gasteiger partial charge in [-0.25, -0.2) is 14.6 Å².